The number of likely N-dealkylation sites (tertiary alicyclic amines) is 1. The lowest BCUT2D eigenvalue weighted by molar-refractivity contribution is 0.270. The van der Waals surface area contributed by atoms with Crippen molar-refractivity contribution < 1.29 is 4.42 Å². The van der Waals surface area contributed by atoms with Gasteiger partial charge < -0.3 is 15.1 Å². The van der Waals surface area contributed by atoms with E-state index < -0.39 is 0 Å². The number of piperidine rings is 1. The molecule has 3 rings (SSSR count). The van der Waals surface area contributed by atoms with Gasteiger partial charge in [0, 0.05) is 26.1 Å². The topological polar surface area (TPSA) is 96.3 Å². The average Bonchev–Trinajstić information content (AvgIpc) is 3.18. The number of nitrogens with zero attached hydrogens (tertiary/aromatic N) is 4. The van der Waals surface area contributed by atoms with Crippen molar-refractivity contribution in [1.29, 1.82) is 0 Å². The Morgan fingerprint density at radius 2 is 2.43 bits per heavy atom. The van der Waals surface area contributed by atoms with E-state index in [0.717, 1.165) is 18.9 Å². The van der Waals surface area contributed by atoms with Crippen molar-refractivity contribution in [3.8, 4) is 11.6 Å². The largest absolute Gasteiger partial charge is 0.461 e. The van der Waals surface area contributed by atoms with E-state index in [4.69, 9.17) is 10.2 Å². The fourth-order valence-corrected chi connectivity index (χ4v) is 2.70. The molecule has 3 N–H and O–H groups in total. The number of aliphatic imine (C=N–C) groups is 1. The van der Waals surface area contributed by atoms with Gasteiger partial charge in [0.1, 0.15) is 5.82 Å². The number of aromatic nitrogens is 3. The third kappa shape index (κ3) is 4.69. The smallest absolute Gasteiger partial charge is 0.216 e. The second-order valence-corrected chi connectivity index (χ2v) is 5.77. The molecule has 1 unspecified atom stereocenters. The summed E-state index contributed by atoms with van der Waals surface area (Å²) in [6, 6.07) is 3.65. The third-order valence-electron chi connectivity index (χ3n) is 3.88. The molecule has 7 nitrogen and oxygen atoms in total. The molecule has 1 fully saturated rings. The second-order valence-electron chi connectivity index (χ2n) is 5.77. The molecule has 0 aromatic carbocycles. The van der Waals surface area contributed by atoms with Crippen LogP contribution >= 0.6 is 24.0 Å². The highest BCUT2D eigenvalue weighted by molar-refractivity contribution is 14.0. The summed E-state index contributed by atoms with van der Waals surface area (Å²) in [6.45, 7) is 4.86. The Balaban J connectivity index is 0.00000192. The zero-order valence-electron chi connectivity index (χ0n) is 13.2. The standard InChI is InChI=1S/C15H22N6O.HI/c1-11-4-2-8-21(10-11)15(16)17-7-6-13-18-14(20-19-13)12-5-3-9-22-12;/h3,5,9,11H,2,4,6-8,10H2,1H3,(H2,16,17)(H,18,19,20);1H. The zero-order chi connectivity index (χ0) is 15.4. The van der Waals surface area contributed by atoms with E-state index in [0.29, 0.717) is 36.4 Å². The van der Waals surface area contributed by atoms with Crippen molar-refractivity contribution in [3.05, 3.63) is 24.2 Å². The summed E-state index contributed by atoms with van der Waals surface area (Å²) < 4.78 is 5.27. The van der Waals surface area contributed by atoms with Crippen LogP contribution in [-0.4, -0.2) is 45.7 Å². The first-order valence-corrected chi connectivity index (χ1v) is 7.72. The van der Waals surface area contributed by atoms with E-state index >= 15 is 0 Å². The number of furan rings is 1. The molecule has 2 aromatic rings. The van der Waals surface area contributed by atoms with Crippen LogP contribution in [0, 0.1) is 5.92 Å². The molecule has 8 heteroatoms. The van der Waals surface area contributed by atoms with Crippen LogP contribution in [0.5, 0.6) is 0 Å². The monoisotopic (exact) mass is 430 g/mol. The Kier molecular flexibility index (Phi) is 6.43. The molecule has 0 saturated carbocycles. The van der Waals surface area contributed by atoms with Crippen molar-refractivity contribution in [1.82, 2.24) is 20.1 Å². The maximum atomic E-state index is 6.07. The average molecular weight is 430 g/mol. The molecule has 0 amide bonds. The number of halogens is 1. The number of hydrogen-bond acceptors (Lipinski definition) is 4. The van der Waals surface area contributed by atoms with Crippen LogP contribution < -0.4 is 5.73 Å². The summed E-state index contributed by atoms with van der Waals surface area (Å²) in [7, 11) is 0. The van der Waals surface area contributed by atoms with Gasteiger partial charge in [0.25, 0.3) is 0 Å². The maximum Gasteiger partial charge on any atom is 0.216 e. The van der Waals surface area contributed by atoms with Crippen LogP contribution in [-0.2, 0) is 6.42 Å². The molecule has 0 spiro atoms. The first-order valence-electron chi connectivity index (χ1n) is 7.72. The summed E-state index contributed by atoms with van der Waals surface area (Å²) >= 11 is 0. The van der Waals surface area contributed by atoms with Crippen molar-refractivity contribution in [2.45, 2.75) is 26.2 Å². The normalized spacial score (nSPS) is 18.7. The van der Waals surface area contributed by atoms with Crippen LogP contribution in [0.2, 0.25) is 0 Å². The zero-order valence-corrected chi connectivity index (χ0v) is 15.6. The molecule has 0 bridgehead atoms. The van der Waals surface area contributed by atoms with Crippen molar-refractivity contribution in [3.63, 3.8) is 0 Å². The first kappa shape index (κ1) is 17.8. The molecular formula is C15H23IN6O. The molecule has 1 saturated heterocycles. The van der Waals surface area contributed by atoms with E-state index in [2.05, 4.69) is 32.0 Å². The highest BCUT2D eigenvalue weighted by Gasteiger charge is 2.17. The lowest BCUT2D eigenvalue weighted by Crippen LogP contribution is -2.43. The van der Waals surface area contributed by atoms with Gasteiger partial charge in [0.2, 0.25) is 5.82 Å². The van der Waals surface area contributed by atoms with Gasteiger partial charge in [-0.3, -0.25) is 10.1 Å². The molecule has 0 aliphatic carbocycles. The fourth-order valence-electron chi connectivity index (χ4n) is 2.70. The van der Waals surface area contributed by atoms with Gasteiger partial charge >= 0.3 is 0 Å². The van der Waals surface area contributed by atoms with Crippen LogP contribution in [0.1, 0.15) is 25.6 Å². The molecular weight excluding hydrogens is 407 g/mol. The van der Waals surface area contributed by atoms with Gasteiger partial charge in [-0.2, -0.15) is 5.10 Å². The first-order chi connectivity index (χ1) is 10.7. The number of guanidine groups is 1. The van der Waals surface area contributed by atoms with Crippen LogP contribution in [0.25, 0.3) is 11.6 Å². The van der Waals surface area contributed by atoms with Crippen LogP contribution in [0.15, 0.2) is 27.8 Å². The quantitative estimate of drug-likeness (QED) is 0.441. The van der Waals surface area contributed by atoms with Crippen molar-refractivity contribution >= 4 is 29.9 Å². The van der Waals surface area contributed by atoms with Gasteiger partial charge in [-0.15, -0.1) is 24.0 Å². The van der Waals surface area contributed by atoms with Gasteiger partial charge in [-0.25, -0.2) is 4.98 Å². The number of rotatable bonds is 4. The predicted molar refractivity (Wildman–Crippen MR) is 99.7 cm³/mol. The number of nitrogens with one attached hydrogen (secondary N) is 1. The summed E-state index contributed by atoms with van der Waals surface area (Å²) in [5, 5.41) is 7.05. The van der Waals surface area contributed by atoms with Gasteiger partial charge in [-0.1, -0.05) is 6.92 Å². The molecule has 23 heavy (non-hydrogen) atoms. The minimum Gasteiger partial charge on any atom is -0.461 e. The molecule has 1 aliphatic rings. The highest BCUT2D eigenvalue weighted by Crippen LogP contribution is 2.15. The predicted octanol–water partition coefficient (Wildman–Crippen LogP) is 2.27. The molecule has 0 radical (unpaired) electrons. The lowest BCUT2D eigenvalue weighted by atomic mass is 10.0. The maximum absolute atomic E-state index is 6.07. The fraction of sp³-hybridized carbons (Fsp3) is 0.533. The Morgan fingerprint density at radius 1 is 1.57 bits per heavy atom. The number of hydrogen-bond donors (Lipinski definition) is 2. The third-order valence-corrected chi connectivity index (χ3v) is 3.88. The SMILES string of the molecule is CC1CCCN(C(N)=NCCc2nc(-c3ccco3)n[nH]2)C1.I. The van der Waals surface area contributed by atoms with E-state index in [1.807, 2.05) is 12.1 Å². The number of aromatic amines is 1. The molecule has 1 atom stereocenters. The molecule has 3 heterocycles. The Bertz CT molecular complexity index is 624. The number of H-pyrrole nitrogens is 1. The molecule has 2 aromatic heterocycles. The van der Waals surface area contributed by atoms with Gasteiger partial charge in [0.05, 0.1) is 6.26 Å². The Morgan fingerprint density at radius 3 is 3.17 bits per heavy atom. The summed E-state index contributed by atoms with van der Waals surface area (Å²) in [6.07, 6.45) is 4.75. The van der Waals surface area contributed by atoms with Crippen molar-refractivity contribution in [2.24, 2.45) is 16.6 Å². The summed E-state index contributed by atoms with van der Waals surface area (Å²) in [5.74, 6) is 3.34. The van der Waals surface area contributed by atoms with Gasteiger partial charge in [0.15, 0.2) is 11.7 Å². The lowest BCUT2D eigenvalue weighted by Gasteiger charge is -2.31. The van der Waals surface area contributed by atoms with Crippen LogP contribution in [0.3, 0.4) is 0 Å². The Hall–Kier alpha value is -1.58. The summed E-state index contributed by atoms with van der Waals surface area (Å²) in [4.78, 5) is 11.0. The van der Waals surface area contributed by atoms with Gasteiger partial charge in [-0.05, 0) is 30.9 Å². The minimum absolute atomic E-state index is 0. The number of nitrogens with two attached hydrogens (primary N) is 1. The van der Waals surface area contributed by atoms with Crippen LogP contribution in [0.4, 0.5) is 0 Å². The highest BCUT2D eigenvalue weighted by atomic mass is 127. The molecule has 1 aliphatic heterocycles. The van der Waals surface area contributed by atoms with E-state index in [1.165, 1.54) is 12.8 Å². The second kappa shape index (κ2) is 8.32. The molecule has 126 valence electrons. The van der Waals surface area contributed by atoms with E-state index in [9.17, 15) is 0 Å². The van der Waals surface area contributed by atoms with E-state index in [1.54, 1.807) is 6.26 Å². The summed E-state index contributed by atoms with van der Waals surface area (Å²) in [5.41, 5.74) is 6.07. The Labute approximate surface area is 152 Å². The van der Waals surface area contributed by atoms with Crippen molar-refractivity contribution in [2.75, 3.05) is 19.6 Å². The minimum atomic E-state index is 0. The van der Waals surface area contributed by atoms with E-state index in [-0.39, 0.29) is 24.0 Å².